The average Bonchev–Trinajstić information content (AvgIpc) is 3.32. The Balaban J connectivity index is 1.49. The molecule has 1 aromatic heterocycles. The van der Waals surface area contributed by atoms with Crippen LogP contribution in [0.3, 0.4) is 0 Å². The molecule has 0 aliphatic carbocycles. The maximum atomic E-state index is 13.5. The topological polar surface area (TPSA) is 73.8 Å². The quantitative estimate of drug-likeness (QED) is 0.707. The number of rotatable bonds is 4. The Hall–Kier alpha value is -2.45. The van der Waals surface area contributed by atoms with Crippen LogP contribution in [0.1, 0.15) is 45.6 Å². The SMILES string of the molecule is Cc1cc(C)c(C)c(S(=O)(=O)N2CCN(C(=O)c3cc(N4CCCC4)ccn3)CC2)c1C. The molecule has 0 bridgehead atoms. The van der Waals surface area contributed by atoms with Gasteiger partial charge in [-0.05, 0) is 74.9 Å². The second kappa shape index (κ2) is 8.83. The number of amides is 1. The Morgan fingerprint density at radius 2 is 1.47 bits per heavy atom. The molecule has 0 spiro atoms. The second-order valence-corrected chi connectivity index (χ2v) is 10.8. The number of hydrogen-bond donors (Lipinski definition) is 0. The van der Waals surface area contributed by atoms with Crippen LogP contribution in [0, 0.1) is 27.7 Å². The van der Waals surface area contributed by atoms with Crippen molar-refractivity contribution in [2.24, 2.45) is 0 Å². The molecule has 2 aliphatic heterocycles. The Labute approximate surface area is 191 Å². The van der Waals surface area contributed by atoms with Gasteiger partial charge in [0.1, 0.15) is 5.69 Å². The third kappa shape index (κ3) is 4.13. The van der Waals surface area contributed by atoms with Crippen molar-refractivity contribution >= 4 is 21.6 Å². The van der Waals surface area contributed by atoms with Crippen molar-refractivity contribution in [3.05, 3.63) is 52.3 Å². The van der Waals surface area contributed by atoms with Crippen molar-refractivity contribution in [2.45, 2.75) is 45.4 Å². The Bertz CT molecular complexity index is 1110. The molecule has 0 N–H and O–H groups in total. The van der Waals surface area contributed by atoms with Gasteiger partial charge >= 0.3 is 0 Å². The van der Waals surface area contributed by atoms with E-state index < -0.39 is 10.0 Å². The van der Waals surface area contributed by atoms with Gasteiger partial charge in [0.25, 0.3) is 5.91 Å². The van der Waals surface area contributed by atoms with E-state index in [4.69, 9.17) is 0 Å². The number of aromatic nitrogens is 1. The third-order valence-electron chi connectivity index (χ3n) is 6.85. The molecule has 1 aromatic carbocycles. The van der Waals surface area contributed by atoms with Gasteiger partial charge in [0.05, 0.1) is 4.90 Å². The van der Waals surface area contributed by atoms with Crippen molar-refractivity contribution < 1.29 is 13.2 Å². The number of piperazine rings is 1. The average molecular weight is 457 g/mol. The zero-order chi connectivity index (χ0) is 23.0. The Kier molecular flexibility index (Phi) is 6.27. The zero-order valence-corrected chi connectivity index (χ0v) is 20.2. The number of hydrogen-bond acceptors (Lipinski definition) is 5. The number of sulfonamides is 1. The normalized spacial score (nSPS) is 17.8. The first-order valence-electron chi connectivity index (χ1n) is 11.3. The minimum atomic E-state index is -3.63. The summed E-state index contributed by atoms with van der Waals surface area (Å²) in [5, 5.41) is 0. The molecule has 2 saturated heterocycles. The van der Waals surface area contributed by atoms with Crippen molar-refractivity contribution in [1.29, 1.82) is 0 Å². The summed E-state index contributed by atoms with van der Waals surface area (Å²) in [6.45, 7) is 10.9. The zero-order valence-electron chi connectivity index (χ0n) is 19.4. The molecular formula is C24H32N4O3S. The summed E-state index contributed by atoms with van der Waals surface area (Å²) in [4.78, 5) is 21.8. The molecular weight excluding hydrogens is 424 g/mol. The lowest BCUT2D eigenvalue weighted by atomic mass is 10.0. The first-order chi connectivity index (χ1) is 15.2. The predicted octanol–water partition coefficient (Wildman–Crippen LogP) is 3.06. The summed E-state index contributed by atoms with van der Waals surface area (Å²) in [7, 11) is -3.63. The number of carbonyl (C=O) groups excluding carboxylic acids is 1. The van der Waals surface area contributed by atoms with Crippen LogP contribution in [0.2, 0.25) is 0 Å². The molecule has 2 fully saturated rings. The third-order valence-corrected chi connectivity index (χ3v) is 9.03. The Morgan fingerprint density at radius 1 is 0.875 bits per heavy atom. The molecule has 172 valence electrons. The van der Waals surface area contributed by atoms with Gasteiger partial charge < -0.3 is 9.80 Å². The molecule has 0 atom stereocenters. The van der Waals surface area contributed by atoms with Crippen molar-refractivity contribution in [2.75, 3.05) is 44.2 Å². The van der Waals surface area contributed by atoms with E-state index in [0.29, 0.717) is 23.7 Å². The van der Waals surface area contributed by atoms with Crippen molar-refractivity contribution in [3.63, 3.8) is 0 Å². The number of nitrogens with zero attached hydrogens (tertiary/aromatic N) is 4. The molecule has 2 aliphatic rings. The lowest BCUT2D eigenvalue weighted by Gasteiger charge is -2.34. The van der Waals surface area contributed by atoms with E-state index in [-0.39, 0.29) is 19.0 Å². The van der Waals surface area contributed by atoms with Crippen molar-refractivity contribution in [1.82, 2.24) is 14.2 Å². The fourth-order valence-electron chi connectivity index (χ4n) is 4.70. The van der Waals surface area contributed by atoms with Crippen LogP contribution in [-0.2, 0) is 10.0 Å². The van der Waals surface area contributed by atoms with Crippen LogP contribution in [0.4, 0.5) is 5.69 Å². The van der Waals surface area contributed by atoms with E-state index in [0.717, 1.165) is 41.0 Å². The second-order valence-electron chi connectivity index (χ2n) is 8.88. The minimum absolute atomic E-state index is 0.137. The summed E-state index contributed by atoms with van der Waals surface area (Å²) < 4.78 is 28.5. The maximum Gasteiger partial charge on any atom is 0.272 e. The summed E-state index contributed by atoms with van der Waals surface area (Å²) in [5.74, 6) is -0.137. The first kappa shape index (κ1) is 22.7. The predicted molar refractivity (Wildman–Crippen MR) is 126 cm³/mol. The monoisotopic (exact) mass is 456 g/mol. The van der Waals surface area contributed by atoms with Crippen LogP contribution in [-0.4, -0.2) is 67.8 Å². The van der Waals surface area contributed by atoms with Crippen LogP contribution in [0.5, 0.6) is 0 Å². The van der Waals surface area contributed by atoms with Gasteiger partial charge in [-0.1, -0.05) is 6.07 Å². The fourth-order valence-corrected chi connectivity index (χ4v) is 6.70. The number of benzene rings is 1. The Morgan fingerprint density at radius 3 is 2.06 bits per heavy atom. The van der Waals surface area contributed by atoms with Crippen LogP contribution in [0.25, 0.3) is 0 Å². The highest BCUT2D eigenvalue weighted by Gasteiger charge is 2.33. The van der Waals surface area contributed by atoms with E-state index in [1.165, 1.54) is 17.1 Å². The van der Waals surface area contributed by atoms with Crippen LogP contribution in [0.15, 0.2) is 29.3 Å². The van der Waals surface area contributed by atoms with Crippen molar-refractivity contribution in [3.8, 4) is 0 Å². The lowest BCUT2D eigenvalue weighted by Crippen LogP contribution is -2.50. The molecule has 2 aromatic rings. The molecule has 8 heteroatoms. The molecule has 0 unspecified atom stereocenters. The number of anilines is 1. The van der Waals surface area contributed by atoms with Crippen LogP contribution >= 0.6 is 0 Å². The molecule has 4 rings (SSSR count). The summed E-state index contributed by atoms with van der Waals surface area (Å²) in [5.41, 5.74) is 5.01. The first-order valence-corrected chi connectivity index (χ1v) is 12.7. The standard InChI is InChI=1S/C24H32N4O3S/c1-17-15-18(2)20(4)23(19(17)3)32(30,31)28-13-11-27(12-14-28)24(29)22-16-21(7-8-25-22)26-9-5-6-10-26/h7-8,15-16H,5-6,9-14H2,1-4H3. The summed E-state index contributed by atoms with van der Waals surface area (Å²) >= 11 is 0. The molecule has 3 heterocycles. The molecule has 0 radical (unpaired) electrons. The van der Waals surface area contributed by atoms with Gasteiger partial charge in [-0.3, -0.25) is 9.78 Å². The number of pyridine rings is 1. The van der Waals surface area contributed by atoms with Gasteiger partial charge in [-0.2, -0.15) is 4.31 Å². The largest absolute Gasteiger partial charge is 0.371 e. The highest BCUT2D eigenvalue weighted by molar-refractivity contribution is 7.89. The van der Waals surface area contributed by atoms with Gasteiger partial charge in [-0.25, -0.2) is 8.42 Å². The van der Waals surface area contributed by atoms with Gasteiger partial charge in [0.15, 0.2) is 0 Å². The highest BCUT2D eigenvalue weighted by Crippen LogP contribution is 2.29. The van der Waals surface area contributed by atoms with Gasteiger partial charge in [0, 0.05) is 51.2 Å². The van der Waals surface area contributed by atoms with Gasteiger partial charge in [0.2, 0.25) is 10.0 Å². The minimum Gasteiger partial charge on any atom is -0.371 e. The molecule has 1 amide bonds. The van der Waals surface area contributed by atoms with E-state index in [2.05, 4.69) is 9.88 Å². The van der Waals surface area contributed by atoms with E-state index in [1.54, 1.807) is 11.1 Å². The lowest BCUT2D eigenvalue weighted by molar-refractivity contribution is 0.0692. The number of carbonyl (C=O) groups is 1. The summed E-state index contributed by atoms with van der Waals surface area (Å²) in [6, 6.07) is 5.84. The fraction of sp³-hybridized carbons (Fsp3) is 0.500. The molecule has 7 nitrogen and oxygen atoms in total. The van der Waals surface area contributed by atoms with Gasteiger partial charge in [-0.15, -0.1) is 0 Å². The maximum absolute atomic E-state index is 13.5. The number of aryl methyl sites for hydroxylation is 2. The summed E-state index contributed by atoms with van der Waals surface area (Å²) in [6.07, 6.45) is 4.02. The van der Waals surface area contributed by atoms with E-state index in [1.807, 2.05) is 45.9 Å². The smallest absolute Gasteiger partial charge is 0.272 e. The molecule has 32 heavy (non-hydrogen) atoms. The van der Waals surface area contributed by atoms with E-state index in [9.17, 15) is 13.2 Å². The highest BCUT2D eigenvalue weighted by atomic mass is 32.2. The van der Waals surface area contributed by atoms with E-state index >= 15 is 0 Å². The molecule has 0 saturated carbocycles. The van der Waals surface area contributed by atoms with Crippen LogP contribution < -0.4 is 4.90 Å².